The zero-order valence-corrected chi connectivity index (χ0v) is 7.82. The lowest BCUT2D eigenvalue weighted by Crippen LogP contribution is -2.48. The summed E-state index contributed by atoms with van der Waals surface area (Å²) in [6.45, 7) is 2.51. The van der Waals surface area contributed by atoms with E-state index in [1.165, 1.54) is 4.90 Å². The molecule has 0 aromatic heterocycles. The molecule has 4 heteroatoms. The van der Waals surface area contributed by atoms with E-state index in [0.717, 1.165) is 6.42 Å². The molecule has 13 heavy (non-hydrogen) atoms. The molecule has 1 aliphatic rings. The van der Waals surface area contributed by atoms with Crippen LogP contribution in [0.2, 0.25) is 0 Å². The molecule has 0 saturated carbocycles. The Bertz CT molecular complexity index is 215. The second-order valence-electron chi connectivity index (χ2n) is 3.33. The summed E-state index contributed by atoms with van der Waals surface area (Å²) in [4.78, 5) is 23.6. The van der Waals surface area contributed by atoms with Crippen LogP contribution in [0.25, 0.3) is 0 Å². The zero-order valence-electron chi connectivity index (χ0n) is 7.82. The third kappa shape index (κ3) is 2.20. The van der Waals surface area contributed by atoms with Crippen molar-refractivity contribution in [1.29, 1.82) is 0 Å². The van der Waals surface area contributed by atoms with Gasteiger partial charge in [-0.25, -0.2) is 4.79 Å². The van der Waals surface area contributed by atoms with Gasteiger partial charge in [0.25, 0.3) is 0 Å². The van der Waals surface area contributed by atoms with Crippen LogP contribution in [0.1, 0.15) is 32.6 Å². The molecule has 0 aliphatic carbocycles. The number of carbonyl (C=O) groups excluding carboxylic acids is 1. The van der Waals surface area contributed by atoms with Crippen molar-refractivity contribution >= 4 is 11.9 Å². The molecule has 1 unspecified atom stereocenters. The first-order valence-corrected chi connectivity index (χ1v) is 4.69. The minimum absolute atomic E-state index is 0.0134. The minimum atomic E-state index is -0.874. The van der Waals surface area contributed by atoms with E-state index in [1.54, 1.807) is 0 Å². The van der Waals surface area contributed by atoms with Gasteiger partial charge in [0.1, 0.15) is 6.04 Å². The third-order valence-corrected chi connectivity index (χ3v) is 2.31. The number of hydrogen-bond acceptors (Lipinski definition) is 2. The Hall–Kier alpha value is -1.06. The van der Waals surface area contributed by atoms with Gasteiger partial charge in [-0.1, -0.05) is 6.92 Å². The van der Waals surface area contributed by atoms with Gasteiger partial charge in [-0.2, -0.15) is 0 Å². The number of nitrogens with zero attached hydrogens (tertiary/aromatic N) is 1. The van der Waals surface area contributed by atoms with Crippen LogP contribution in [0.4, 0.5) is 0 Å². The first-order chi connectivity index (χ1) is 6.16. The van der Waals surface area contributed by atoms with Crippen molar-refractivity contribution in [2.45, 2.75) is 38.6 Å². The predicted molar refractivity (Wildman–Crippen MR) is 47.3 cm³/mol. The maximum atomic E-state index is 11.4. The molecule has 0 bridgehead atoms. The Morgan fingerprint density at radius 2 is 2.38 bits per heavy atom. The Balaban J connectivity index is 2.67. The van der Waals surface area contributed by atoms with E-state index in [1.807, 2.05) is 6.92 Å². The fourth-order valence-corrected chi connectivity index (χ4v) is 1.70. The van der Waals surface area contributed by atoms with E-state index in [0.29, 0.717) is 25.8 Å². The molecule has 1 saturated heterocycles. The second kappa shape index (κ2) is 4.25. The number of likely N-dealkylation sites (tertiary alicyclic amines) is 1. The highest BCUT2D eigenvalue weighted by molar-refractivity contribution is 5.84. The summed E-state index contributed by atoms with van der Waals surface area (Å²) < 4.78 is 0. The Morgan fingerprint density at radius 3 is 2.92 bits per heavy atom. The van der Waals surface area contributed by atoms with Gasteiger partial charge in [0, 0.05) is 13.0 Å². The normalized spacial score (nSPS) is 23.3. The Kier molecular flexibility index (Phi) is 3.28. The van der Waals surface area contributed by atoms with Gasteiger partial charge in [0.05, 0.1) is 0 Å². The highest BCUT2D eigenvalue weighted by Crippen LogP contribution is 2.18. The summed E-state index contributed by atoms with van der Waals surface area (Å²) in [5, 5.41) is 8.86. The van der Waals surface area contributed by atoms with Crippen LogP contribution in [0.5, 0.6) is 0 Å². The van der Waals surface area contributed by atoms with Crippen molar-refractivity contribution in [1.82, 2.24) is 4.90 Å². The number of carboxylic acids is 1. The molecule has 1 fully saturated rings. The Morgan fingerprint density at radius 1 is 1.69 bits per heavy atom. The molecule has 1 aliphatic heterocycles. The first kappa shape index (κ1) is 10.0. The topological polar surface area (TPSA) is 57.6 Å². The molecule has 0 aromatic rings. The van der Waals surface area contributed by atoms with Crippen molar-refractivity contribution in [3.05, 3.63) is 0 Å². The van der Waals surface area contributed by atoms with Crippen LogP contribution in [-0.4, -0.2) is 34.5 Å². The molecule has 0 aromatic carbocycles. The van der Waals surface area contributed by atoms with Gasteiger partial charge in [0.15, 0.2) is 0 Å². The van der Waals surface area contributed by atoms with Crippen LogP contribution in [-0.2, 0) is 9.59 Å². The minimum Gasteiger partial charge on any atom is -0.480 e. The van der Waals surface area contributed by atoms with Gasteiger partial charge in [0.2, 0.25) is 5.91 Å². The fourth-order valence-electron chi connectivity index (χ4n) is 1.70. The highest BCUT2D eigenvalue weighted by atomic mass is 16.4. The smallest absolute Gasteiger partial charge is 0.326 e. The molecule has 0 radical (unpaired) electrons. The van der Waals surface area contributed by atoms with Gasteiger partial charge in [-0.15, -0.1) is 0 Å². The van der Waals surface area contributed by atoms with E-state index < -0.39 is 12.0 Å². The largest absolute Gasteiger partial charge is 0.480 e. The van der Waals surface area contributed by atoms with Crippen LogP contribution >= 0.6 is 0 Å². The van der Waals surface area contributed by atoms with Crippen molar-refractivity contribution in [2.75, 3.05) is 6.54 Å². The van der Waals surface area contributed by atoms with E-state index in [9.17, 15) is 9.59 Å². The lowest BCUT2D eigenvalue weighted by molar-refractivity contribution is -0.153. The van der Waals surface area contributed by atoms with Gasteiger partial charge >= 0.3 is 5.97 Å². The van der Waals surface area contributed by atoms with Crippen LogP contribution < -0.4 is 0 Å². The Labute approximate surface area is 77.5 Å². The number of rotatable bonds is 3. The van der Waals surface area contributed by atoms with E-state index in [2.05, 4.69) is 0 Å². The second-order valence-corrected chi connectivity index (χ2v) is 3.33. The van der Waals surface area contributed by atoms with Crippen molar-refractivity contribution < 1.29 is 14.7 Å². The summed E-state index contributed by atoms with van der Waals surface area (Å²) in [6.07, 6.45) is 2.62. The van der Waals surface area contributed by atoms with E-state index >= 15 is 0 Å². The van der Waals surface area contributed by atoms with Gasteiger partial charge in [-0.05, 0) is 19.3 Å². The lowest BCUT2D eigenvalue weighted by atomic mass is 10.0. The average molecular weight is 185 g/mol. The zero-order chi connectivity index (χ0) is 9.84. The standard InChI is InChI=1S/C9H15NO3/c1-2-6-10-7(9(12)13)4-3-5-8(10)11/h7H,2-6H2,1H3,(H,12,13). The molecule has 1 atom stereocenters. The summed E-state index contributed by atoms with van der Waals surface area (Å²) in [5.74, 6) is -0.887. The number of carboxylic acid groups (broad SMARTS) is 1. The molecular weight excluding hydrogens is 170 g/mol. The number of amides is 1. The van der Waals surface area contributed by atoms with Crippen molar-refractivity contribution in [3.63, 3.8) is 0 Å². The van der Waals surface area contributed by atoms with Gasteiger partial charge < -0.3 is 10.0 Å². The predicted octanol–water partition coefficient (Wildman–Crippen LogP) is 0.862. The van der Waals surface area contributed by atoms with Crippen molar-refractivity contribution in [3.8, 4) is 0 Å². The first-order valence-electron chi connectivity index (χ1n) is 4.69. The maximum absolute atomic E-state index is 11.4. The van der Waals surface area contributed by atoms with E-state index in [-0.39, 0.29) is 5.91 Å². The van der Waals surface area contributed by atoms with Crippen LogP contribution in [0, 0.1) is 0 Å². The summed E-state index contributed by atoms with van der Waals surface area (Å²) in [7, 11) is 0. The maximum Gasteiger partial charge on any atom is 0.326 e. The van der Waals surface area contributed by atoms with E-state index in [4.69, 9.17) is 5.11 Å². The summed E-state index contributed by atoms with van der Waals surface area (Å²) in [5.41, 5.74) is 0. The van der Waals surface area contributed by atoms with Gasteiger partial charge in [-0.3, -0.25) is 4.79 Å². The number of hydrogen-bond donors (Lipinski definition) is 1. The monoisotopic (exact) mass is 185 g/mol. The average Bonchev–Trinajstić information content (AvgIpc) is 2.08. The SMILES string of the molecule is CCCN1C(=O)CCCC1C(=O)O. The molecule has 74 valence electrons. The number of carbonyl (C=O) groups is 2. The molecule has 1 amide bonds. The van der Waals surface area contributed by atoms with Crippen molar-refractivity contribution in [2.24, 2.45) is 0 Å². The molecule has 1 rings (SSSR count). The number of piperidine rings is 1. The lowest BCUT2D eigenvalue weighted by Gasteiger charge is -2.32. The summed E-state index contributed by atoms with van der Waals surface area (Å²) in [6, 6.07) is -0.582. The molecule has 1 N–H and O–H groups in total. The molecule has 1 heterocycles. The summed E-state index contributed by atoms with van der Waals surface area (Å²) >= 11 is 0. The molecular formula is C9H15NO3. The quantitative estimate of drug-likeness (QED) is 0.709. The van der Waals surface area contributed by atoms with Crippen LogP contribution in [0.15, 0.2) is 0 Å². The number of aliphatic carboxylic acids is 1. The highest BCUT2D eigenvalue weighted by Gasteiger charge is 2.31. The third-order valence-electron chi connectivity index (χ3n) is 2.31. The fraction of sp³-hybridized carbons (Fsp3) is 0.778. The van der Waals surface area contributed by atoms with Crippen LogP contribution in [0.3, 0.4) is 0 Å². The molecule has 4 nitrogen and oxygen atoms in total. The molecule has 0 spiro atoms.